The zero-order valence-corrected chi connectivity index (χ0v) is 16.0. The lowest BCUT2D eigenvalue weighted by Gasteiger charge is -2.41. The van der Waals surface area contributed by atoms with Gasteiger partial charge < -0.3 is 20.3 Å². The highest BCUT2D eigenvalue weighted by Gasteiger charge is 2.66. The standard InChI is InChI=1S/C20H24N4O4/c1-3-27-18(25)16-15(23-21)11-24-10-9-13-12-7-5-6-8-14(12)22-17(13)20(16,24)19(26)28-4-2/h5-8,16,22H,3-4,9-11,21H2,1-2H3/b23-15+. The molecule has 1 aromatic heterocycles. The van der Waals surface area contributed by atoms with E-state index in [2.05, 4.69) is 10.1 Å². The van der Waals surface area contributed by atoms with Crippen molar-refractivity contribution in [2.24, 2.45) is 16.9 Å². The van der Waals surface area contributed by atoms with Crippen LogP contribution in [0.3, 0.4) is 0 Å². The van der Waals surface area contributed by atoms with E-state index in [1.807, 2.05) is 29.2 Å². The number of benzene rings is 1. The average Bonchev–Trinajstić information content (AvgIpc) is 3.24. The Labute approximate surface area is 162 Å². The number of aromatic nitrogens is 1. The number of H-pyrrole nitrogens is 1. The van der Waals surface area contributed by atoms with Gasteiger partial charge in [0.2, 0.25) is 0 Å². The zero-order valence-electron chi connectivity index (χ0n) is 16.0. The normalized spacial score (nSPS) is 25.5. The van der Waals surface area contributed by atoms with E-state index in [0.717, 1.165) is 22.9 Å². The largest absolute Gasteiger partial charge is 0.465 e. The molecule has 1 saturated heterocycles. The van der Waals surface area contributed by atoms with Crippen LogP contribution in [0.2, 0.25) is 0 Å². The Balaban J connectivity index is 2.01. The molecule has 2 aromatic rings. The molecule has 0 spiro atoms. The van der Waals surface area contributed by atoms with Gasteiger partial charge >= 0.3 is 11.9 Å². The number of carbonyl (C=O) groups excluding carboxylic acids is 2. The van der Waals surface area contributed by atoms with Crippen LogP contribution in [0.5, 0.6) is 0 Å². The fraction of sp³-hybridized carbons (Fsp3) is 0.450. The number of aromatic amines is 1. The summed E-state index contributed by atoms with van der Waals surface area (Å²) in [6.45, 7) is 4.78. The fourth-order valence-electron chi connectivity index (χ4n) is 4.66. The van der Waals surface area contributed by atoms with Crippen molar-refractivity contribution >= 4 is 28.6 Å². The summed E-state index contributed by atoms with van der Waals surface area (Å²) in [6.07, 6.45) is 0.744. The highest BCUT2D eigenvalue weighted by molar-refractivity contribution is 6.12. The van der Waals surface area contributed by atoms with Crippen molar-refractivity contribution in [3.8, 4) is 0 Å². The molecule has 0 radical (unpaired) electrons. The number of fused-ring (bicyclic) bond motifs is 5. The van der Waals surface area contributed by atoms with E-state index in [4.69, 9.17) is 15.3 Å². The van der Waals surface area contributed by atoms with E-state index < -0.39 is 23.4 Å². The molecular weight excluding hydrogens is 360 g/mol. The SMILES string of the molecule is CCOC(=O)C1/C(=N/N)CN2CCc3c([nH]c4ccccc34)C12C(=O)OCC. The number of hydrogen-bond donors (Lipinski definition) is 2. The Morgan fingerprint density at radius 2 is 2.04 bits per heavy atom. The van der Waals surface area contributed by atoms with E-state index in [-0.39, 0.29) is 13.2 Å². The lowest BCUT2D eigenvalue weighted by Crippen LogP contribution is -2.58. The highest BCUT2D eigenvalue weighted by atomic mass is 16.5. The van der Waals surface area contributed by atoms with Crippen molar-refractivity contribution < 1.29 is 19.1 Å². The Morgan fingerprint density at radius 3 is 2.75 bits per heavy atom. The molecule has 2 aliphatic heterocycles. The summed E-state index contributed by atoms with van der Waals surface area (Å²) in [7, 11) is 0. The van der Waals surface area contributed by atoms with Crippen LogP contribution in [-0.4, -0.2) is 53.8 Å². The van der Waals surface area contributed by atoms with Gasteiger partial charge in [0.15, 0.2) is 5.54 Å². The van der Waals surface area contributed by atoms with Crippen molar-refractivity contribution in [2.45, 2.75) is 25.8 Å². The number of rotatable bonds is 4. The van der Waals surface area contributed by atoms with Gasteiger partial charge in [0, 0.05) is 24.0 Å². The number of carbonyl (C=O) groups is 2. The first-order valence-electron chi connectivity index (χ1n) is 9.55. The number of esters is 2. The molecule has 4 rings (SSSR count). The van der Waals surface area contributed by atoms with Crippen molar-refractivity contribution in [3.63, 3.8) is 0 Å². The monoisotopic (exact) mass is 384 g/mol. The van der Waals surface area contributed by atoms with E-state index >= 15 is 0 Å². The van der Waals surface area contributed by atoms with Crippen LogP contribution in [0.25, 0.3) is 10.9 Å². The molecule has 28 heavy (non-hydrogen) atoms. The van der Waals surface area contributed by atoms with Crippen LogP contribution in [0.4, 0.5) is 0 Å². The predicted octanol–water partition coefficient (Wildman–Crippen LogP) is 1.29. The third-order valence-corrected chi connectivity index (χ3v) is 5.70. The van der Waals surface area contributed by atoms with E-state index in [1.54, 1.807) is 13.8 Å². The fourth-order valence-corrected chi connectivity index (χ4v) is 4.66. The number of ether oxygens (including phenoxy) is 2. The van der Waals surface area contributed by atoms with Crippen molar-refractivity contribution in [1.29, 1.82) is 0 Å². The molecule has 0 bridgehead atoms. The molecule has 3 N–H and O–H groups in total. The summed E-state index contributed by atoms with van der Waals surface area (Å²) in [4.78, 5) is 31.8. The van der Waals surface area contributed by atoms with Crippen LogP contribution < -0.4 is 5.84 Å². The number of nitrogens with two attached hydrogens (primary N) is 1. The molecule has 2 atom stereocenters. The van der Waals surface area contributed by atoms with Gasteiger partial charge in [-0.3, -0.25) is 9.69 Å². The van der Waals surface area contributed by atoms with Crippen molar-refractivity contribution in [1.82, 2.24) is 9.88 Å². The molecule has 8 heteroatoms. The van der Waals surface area contributed by atoms with Gasteiger partial charge in [-0.25, -0.2) is 4.79 Å². The molecule has 0 aliphatic carbocycles. The maximum Gasteiger partial charge on any atom is 0.334 e. The molecule has 0 amide bonds. The van der Waals surface area contributed by atoms with Gasteiger partial charge in [-0.1, -0.05) is 18.2 Å². The van der Waals surface area contributed by atoms with Gasteiger partial charge in [0.1, 0.15) is 5.92 Å². The van der Waals surface area contributed by atoms with Crippen LogP contribution in [-0.2, 0) is 31.0 Å². The Hall–Kier alpha value is -2.87. The van der Waals surface area contributed by atoms with Gasteiger partial charge in [-0.05, 0) is 31.9 Å². The van der Waals surface area contributed by atoms with Crippen LogP contribution in [0, 0.1) is 5.92 Å². The number of para-hydroxylation sites is 1. The predicted molar refractivity (Wildman–Crippen MR) is 104 cm³/mol. The topological polar surface area (TPSA) is 110 Å². The molecule has 3 heterocycles. The lowest BCUT2D eigenvalue weighted by atomic mass is 9.76. The first-order valence-corrected chi connectivity index (χ1v) is 9.55. The quantitative estimate of drug-likeness (QED) is 0.467. The van der Waals surface area contributed by atoms with E-state index in [9.17, 15) is 9.59 Å². The van der Waals surface area contributed by atoms with Crippen LogP contribution >= 0.6 is 0 Å². The Kier molecular flexibility index (Phi) is 4.58. The third-order valence-electron chi connectivity index (χ3n) is 5.70. The molecule has 148 valence electrons. The van der Waals surface area contributed by atoms with E-state index in [1.165, 1.54) is 0 Å². The van der Waals surface area contributed by atoms with Crippen molar-refractivity contribution in [3.05, 3.63) is 35.5 Å². The summed E-state index contributed by atoms with van der Waals surface area (Å²) in [6, 6.07) is 7.88. The number of nitrogens with one attached hydrogen (secondary N) is 1. The zero-order chi connectivity index (χ0) is 19.9. The van der Waals surface area contributed by atoms with Gasteiger partial charge in [-0.15, -0.1) is 0 Å². The second-order valence-electron chi connectivity index (χ2n) is 6.99. The summed E-state index contributed by atoms with van der Waals surface area (Å²) in [5.74, 6) is 3.67. The molecule has 0 saturated carbocycles. The summed E-state index contributed by atoms with van der Waals surface area (Å²) >= 11 is 0. The Morgan fingerprint density at radius 1 is 1.29 bits per heavy atom. The van der Waals surface area contributed by atoms with Gasteiger partial charge in [0.25, 0.3) is 0 Å². The van der Waals surface area contributed by atoms with E-state index in [0.29, 0.717) is 24.5 Å². The average molecular weight is 384 g/mol. The molecule has 2 unspecified atom stereocenters. The maximum absolute atomic E-state index is 13.4. The molecule has 2 aliphatic rings. The summed E-state index contributed by atoms with van der Waals surface area (Å²) in [5, 5.41) is 4.91. The minimum atomic E-state index is -1.35. The number of hydrazone groups is 1. The third kappa shape index (κ3) is 2.37. The number of hydrogen-bond acceptors (Lipinski definition) is 7. The summed E-state index contributed by atoms with van der Waals surface area (Å²) < 4.78 is 10.8. The minimum Gasteiger partial charge on any atom is -0.465 e. The maximum atomic E-state index is 13.4. The van der Waals surface area contributed by atoms with Crippen molar-refractivity contribution in [2.75, 3.05) is 26.3 Å². The lowest BCUT2D eigenvalue weighted by molar-refractivity contribution is -0.168. The van der Waals surface area contributed by atoms with Gasteiger partial charge in [-0.2, -0.15) is 5.10 Å². The first-order chi connectivity index (χ1) is 13.6. The minimum absolute atomic E-state index is 0.200. The summed E-state index contributed by atoms with van der Waals surface area (Å²) in [5.41, 5.74) is 1.69. The molecule has 1 fully saturated rings. The molecular formula is C20H24N4O4. The molecule has 8 nitrogen and oxygen atoms in total. The Bertz CT molecular complexity index is 966. The second-order valence-corrected chi connectivity index (χ2v) is 6.99. The first kappa shape index (κ1) is 18.5. The van der Waals surface area contributed by atoms with Crippen LogP contribution in [0.15, 0.2) is 29.4 Å². The van der Waals surface area contributed by atoms with Crippen LogP contribution in [0.1, 0.15) is 25.1 Å². The smallest absolute Gasteiger partial charge is 0.334 e. The highest BCUT2D eigenvalue weighted by Crippen LogP contribution is 2.49. The number of nitrogens with zero attached hydrogens (tertiary/aromatic N) is 2. The second kappa shape index (κ2) is 6.94. The molecule has 1 aromatic carbocycles. The van der Waals surface area contributed by atoms with Gasteiger partial charge in [0.05, 0.1) is 24.6 Å².